The van der Waals surface area contributed by atoms with E-state index in [1.165, 1.54) is 0 Å². The van der Waals surface area contributed by atoms with Gasteiger partial charge in [0.15, 0.2) is 0 Å². The Kier molecular flexibility index (Phi) is 17000. The molecule has 0 aromatic carbocycles. The second kappa shape index (κ2) is 1000. The molecule has 13 heavy (non-hydrogen) atoms. The summed E-state index contributed by atoms with van der Waals surface area (Å²) in [7, 11) is 0. The standard InChI is InChI=1S/Ca.2ClO.8H2O/c;2*1-2;;;;;;;;/h;;;8*1H2/q+2;2*-1;;;;;;;;. The summed E-state index contributed by atoms with van der Waals surface area (Å²) in [4.78, 5) is 0. The van der Waals surface area contributed by atoms with Crippen LogP contribution in [0.5, 0.6) is 0 Å². The number of halogens is 2. The predicted octanol–water partition coefficient (Wildman–Crippen LogP) is -7.98. The van der Waals surface area contributed by atoms with E-state index >= 15 is 0 Å². The van der Waals surface area contributed by atoms with Crippen LogP contribution in [-0.2, 0) is 0 Å². The third-order valence-corrected chi connectivity index (χ3v) is 0. The molecule has 0 unspecified atom stereocenters. The van der Waals surface area contributed by atoms with Crippen molar-refractivity contribution in [3.05, 3.63) is 0 Å². The van der Waals surface area contributed by atoms with Gasteiger partial charge in [0.25, 0.3) is 0 Å². The van der Waals surface area contributed by atoms with Gasteiger partial charge >= 0.3 is 37.7 Å². The van der Waals surface area contributed by atoms with E-state index in [2.05, 4.69) is 23.7 Å². The van der Waals surface area contributed by atoms with Crippen molar-refractivity contribution in [3.63, 3.8) is 0 Å². The van der Waals surface area contributed by atoms with Crippen molar-refractivity contribution in [2.45, 2.75) is 0 Å². The van der Waals surface area contributed by atoms with Gasteiger partial charge in [-0.1, -0.05) is 0 Å². The van der Waals surface area contributed by atoms with Crippen molar-refractivity contribution in [2.24, 2.45) is 0 Å². The van der Waals surface area contributed by atoms with Gasteiger partial charge in [0, 0.05) is 0 Å². The molecular weight excluding hydrogens is 271 g/mol. The number of hydrogen-bond donors (Lipinski definition) is 0. The molecule has 16 N–H and O–H groups in total. The Morgan fingerprint density at radius 3 is 0.385 bits per heavy atom. The third kappa shape index (κ3) is 849. The summed E-state index contributed by atoms with van der Waals surface area (Å²) in [5, 5.41) is 0. The first-order valence-electron chi connectivity index (χ1n) is 0.309. The summed E-state index contributed by atoms with van der Waals surface area (Å²) in [6.45, 7) is 0. The van der Waals surface area contributed by atoms with Crippen LogP contribution in [0.1, 0.15) is 0 Å². The van der Waals surface area contributed by atoms with Gasteiger partial charge in [-0.3, -0.25) is 0 Å². The smallest absolute Gasteiger partial charge is 0.769 e. The maximum absolute atomic E-state index is 7.72. The normalized spacial score (nSPS) is 0.923. The molecule has 0 atom stereocenters. The van der Waals surface area contributed by atoms with Crippen LogP contribution in [0.2, 0.25) is 0 Å². The van der Waals surface area contributed by atoms with E-state index in [0.29, 0.717) is 0 Å². The molecule has 13 heteroatoms. The zero-order valence-electron chi connectivity index (χ0n) is 6.28. The average molecular weight is 287 g/mol. The molecule has 0 aliphatic carbocycles. The van der Waals surface area contributed by atoms with E-state index in [9.17, 15) is 0 Å². The number of rotatable bonds is 0. The van der Waals surface area contributed by atoms with Crippen LogP contribution in [0.25, 0.3) is 0 Å². The molecule has 0 aromatic rings. The summed E-state index contributed by atoms with van der Waals surface area (Å²) < 4.78 is 15.4. The summed E-state index contributed by atoms with van der Waals surface area (Å²) in [6, 6.07) is 0. The van der Waals surface area contributed by atoms with Crippen LogP contribution in [0.15, 0.2) is 0 Å². The van der Waals surface area contributed by atoms with E-state index in [-0.39, 0.29) is 81.5 Å². The zero-order chi connectivity index (χ0) is 4.00. The summed E-state index contributed by atoms with van der Waals surface area (Å²) >= 11 is 6.78. The van der Waals surface area contributed by atoms with Crippen molar-refractivity contribution in [2.75, 3.05) is 0 Å². The molecule has 0 saturated carbocycles. The fourth-order valence-corrected chi connectivity index (χ4v) is 0. The topological polar surface area (TPSA) is 298 Å². The van der Waals surface area contributed by atoms with Crippen LogP contribution >= 0.6 is 23.7 Å². The second-order valence-electron chi connectivity index (χ2n) is 0. The molecule has 0 amide bonds. The van der Waals surface area contributed by atoms with Gasteiger partial charge < -0.3 is 53.1 Å². The maximum atomic E-state index is 7.72. The summed E-state index contributed by atoms with van der Waals surface area (Å²) in [5.41, 5.74) is 0. The minimum atomic E-state index is 0. The van der Waals surface area contributed by atoms with Crippen molar-refractivity contribution in [1.29, 1.82) is 0 Å². The van der Waals surface area contributed by atoms with Crippen molar-refractivity contribution in [1.82, 2.24) is 0 Å². The minimum absolute atomic E-state index is 0. The fourth-order valence-electron chi connectivity index (χ4n) is 0. The average Bonchev–Trinajstić information content (AvgIpc) is 1.50. The van der Waals surface area contributed by atoms with E-state index < -0.39 is 0 Å². The molecule has 0 heterocycles. The zero-order valence-corrected chi connectivity index (χ0v) is 10.00. The van der Waals surface area contributed by atoms with Gasteiger partial charge in [-0.2, -0.15) is 0 Å². The van der Waals surface area contributed by atoms with Crippen LogP contribution in [0.3, 0.4) is 0 Å². The molecule has 0 bridgehead atoms. The quantitative estimate of drug-likeness (QED) is 0.391. The molecule has 0 aliphatic rings. The molecule has 0 spiro atoms. The Morgan fingerprint density at radius 1 is 0.385 bits per heavy atom. The van der Waals surface area contributed by atoms with Crippen LogP contribution < -0.4 is 9.32 Å². The summed E-state index contributed by atoms with van der Waals surface area (Å²) in [5.74, 6) is 0. The molecular formula is H16CaCl2O10. The van der Waals surface area contributed by atoms with Crippen molar-refractivity contribution in [3.8, 4) is 0 Å². The SMILES string of the molecule is O.O.O.O.O.O.O.O.[Ca+2].[O-]Cl.[O-]Cl. The third-order valence-electron chi connectivity index (χ3n) is 0. The van der Waals surface area contributed by atoms with Gasteiger partial charge in [-0.15, -0.1) is 0 Å². The Labute approximate surface area is 114 Å². The van der Waals surface area contributed by atoms with Gasteiger partial charge in [0.05, 0.1) is 0 Å². The molecule has 0 radical (unpaired) electrons. The van der Waals surface area contributed by atoms with Gasteiger partial charge in [-0.05, 0) is 0 Å². The molecule has 0 aromatic heterocycles. The van der Waals surface area contributed by atoms with E-state index in [1.54, 1.807) is 0 Å². The molecule has 0 saturated heterocycles. The predicted molar refractivity (Wildman–Crippen MR) is 46.4 cm³/mol. The monoisotopic (exact) mass is 286 g/mol. The molecule has 92 valence electrons. The van der Waals surface area contributed by atoms with Crippen LogP contribution in [0, 0.1) is 0 Å². The maximum Gasteiger partial charge on any atom is 2.00 e. The Bertz CT molecular complexity index is 12.9. The number of hydrogen-bond acceptors (Lipinski definition) is 2. The molecule has 0 fully saturated rings. The van der Waals surface area contributed by atoms with Crippen molar-refractivity contribution >= 4 is 61.5 Å². The molecule has 10 nitrogen and oxygen atoms in total. The van der Waals surface area contributed by atoms with Crippen molar-refractivity contribution < 1.29 is 53.1 Å². The fraction of sp³-hybridized carbons (Fsp3) is 0. The second-order valence-corrected chi connectivity index (χ2v) is 0. The van der Waals surface area contributed by atoms with Crippen LogP contribution in [0.4, 0.5) is 0 Å². The molecule has 0 aliphatic heterocycles. The van der Waals surface area contributed by atoms with E-state index in [0.717, 1.165) is 0 Å². The Hall–Kier alpha value is 1.44. The first-order chi connectivity index (χ1) is 2.00. The molecule has 0 rings (SSSR count). The minimum Gasteiger partial charge on any atom is -0.769 e. The summed E-state index contributed by atoms with van der Waals surface area (Å²) in [6.07, 6.45) is 0. The van der Waals surface area contributed by atoms with E-state index in [4.69, 9.17) is 9.32 Å². The Balaban J connectivity index is -0.000000000404. The first-order valence-corrected chi connectivity index (χ1v) is 0.926. The van der Waals surface area contributed by atoms with Gasteiger partial charge in [0.2, 0.25) is 0 Å². The largest absolute Gasteiger partial charge is 2.00 e. The van der Waals surface area contributed by atoms with Crippen LogP contribution in [-0.4, -0.2) is 81.5 Å². The Morgan fingerprint density at radius 2 is 0.385 bits per heavy atom. The van der Waals surface area contributed by atoms with Gasteiger partial charge in [0.1, 0.15) is 0 Å². The van der Waals surface area contributed by atoms with E-state index in [1.807, 2.05) is 0 Å². The first kappa shape index (κ1) is 220. The van der Waals surface area contributed by atoms with Gasteiger partial charge in [-0.25, -0.2) is 23.7 Å².